The van der Waals surface area contributed by atoms with Crippen LogP contribution in [0.15, 0.2) is 29.0 Å². The van der Waals surface area contributed by atoms with Crippen molar-refractivity contribution in [1.29, 1.82) is 0 Å². The fourth-order valence-corrected chi connectivity index (χ4v) is 2.96. The molecule has 1 atom stereocenters. The van der Waals surface area contributed by atoms with Crippen LogP contribution in [-0.2, 0) is 0 Å². The molecule has 17 heavy (non-hydrogen) atoms. The highest BCUT2D eigenvalue weighted by Gasteiger charge is 2.25. The summed E-state index contributed by atoms with van der Waals surface area (Å²) in [4.78, 5) is 11.4. The molecule has 1 fully saturated rings. The molecule has 0 saturated carbocycles. The number of fused-ring (bicyclic) bond motifs is 1. The lowest BCUT2D eigenvalue weighted by molar-refractivity contribution is 0.313. The molecule has 1 aromatic heterocycles. The van der Waals surface area contributed by atoms with Crippen LogP contribution < -0.4 is 0 Å². The van der Waals surface area contributed by atoms with Crippen LogP contribution in [-0.4, -0.2) is 28.5 Å². The first-order valence-electron chi connectivity index (χ1n) is 5.88. The monoisotopic (exact) mass is 291 g/mol. The van der Waals surface area contributed by atoms with Crippen molar-refractivity contribution in [3.8, 4) is 0 Å². The fraction of sp³-hybridized carbons (Fsp3) is 0.385. The Bertz CT molecular complexity index is 555. The number of hydrogen-bond acceptors (Lipinski definition) is 3. The van der Waals surface area contributed by atoms with E-state index in [1.54, 1.807) is 0 Å². The number of hydrogen-bond donors (Lipinski definition) is 0. The van der Waals surface area contributed by atoms with Crippen LogP contribution in [0.3, 0.4) is 0 Å². The van der Waals surface area contributed by atoms with Gasteiger partial charge in [-0.05, 0) is 48.4 Å². The van der Waals surface area contributed by atoms with Crippen molar-refractivity contribution in [2.75, 3.05) is 13.6 Å². The maximum atomic E-state index is 4.60. The maximum Gasteiger partial charge on any atom is 0.197 e. The van der Waals surface area contributed by atoms with Crippen molar-refractivity contribution in [1.82, 2.24) is 14.9 Å². The molecule has 0 bridgehead atoms. The number of benzene rings is 1. The number of aromatic nitrogens is 2. The zero-order valence-electron chi connectivity index (χ0n) is 9.73. The molecule has 3 rings (SSSR count). The summed E-state index contributed by atoms with van der Waals surface area (Å²) < 4.78 is 0.687. The summed E-state index contributed by atoms with van der Waals surface area (Å²) in [6.45, 7) is 1.15. The Hall–Kier alpha value is -1.00. The minimum atomic E-state index is 0.430. The lowest BCUT2D eigenvalue weighted by atomic mass is 10.1. The van der Waals surface area contributed by atoms with Crippen molar-refractivity contribution in [2.24, 2.45) is 0 Å². The summed E-state index contributed by atoms with van der Waals surface area (Å²) in [6.07, 6.45) is 2.43. The van der Waals surface area contributed by atoms with Gasteiger partial charge < -0.3 is 0 Å². The highest BCUT2D eigenvalue weighted by molar-refractivity contribution is 9.10. The molecule has 0 spiro atoms. The number of rotatable bonds is 1. The zero-order chi connectivity index (χ0) is 11.8. The van der Waals surface area contributed by atoms with Gasteiger partial charge in [-0.25, -0.2) is 9.97 Å². The number of likely N-dealkylation sites (tertiary alicyclic amines) is 1. The van der Waals surface area contributed by atoms with Crippen molar-refractivity contribution < 1.29 is 0 Å². The molecular formula is C13H14BrN3. The number of halogens is 1. The molecule has 0 aliphatic carbocycles. The molecule has 1 saturated heterocycles. The maximum absolute atomic E-state index is 4.60. The third kappa shape index (κ3) is 1.96. The SMILES string of the molecule is CN1CCCC1c1nc(Br)nc2ccccc12. The van der Waals surface area contributed by atoms with Gasteiger partial charge in [-0.1, -0.05) is 18.2 Å². The van der Waals surface area contributed by atoms with Crippen molar-refractivity contribution in [2.45, 2.75) is 18.9 Å². The molecule has 3 nitrogen and oxygen atoms in total. The smallest absolute Gasteiger partial charge is 0.197 e. The Balaban J connectivity index is 2.20. The molecular weight excluding hydrogens is 278 g/mol. The third-order valence-electron chi connectivity index (χ3n) is 3.44. The highest BCUT2D eigenvalue weighted by Crippen LogP contribution is 2.33. The van der Waals surface area contributed by atoms with Crippen LogP contribution in [0, 0.1) is 0 Å². The minimum Gasteiger partial charge on any atom is -0.298 e. The summed E-state index contributed by atoms with van der Waals surface area (Å²) in [7, 11) is 2.17. The lowest BCUT2D eigenvalue weighted by Gasteiger charge is -2.20. The molecule has 0 N–H and O–H groups in total. The van der Waals surface area contributed by atoms with E-state index in [2.05, 4.69) is 50.0 Å². The summed E-state index contributed by atoms with van der Waals surface area (Å²) >= 11 is 3.41. The molecule has 1 unspecified atom stereocenters. The van der Waals surface area contributed by atoms with Gasteiger partial charge in [-0.15, -0.1) is 0 Å². The van der Waals surface area contributed by atoms with E-state index in [0.29, 0.717) is 10.8 Å². The molecule has 4 heteroatoms. The normalized spacial score (nSPS) is 21.2. The van der Waals surface area contributed by atoms with Gasteiger partial charge in [-0.3, -0.25) is 4.90 Å². The Morgan fingerprint density at radius 2 is 2.12 bits per heavy atom. The lowest BCUT2D eigenvalue weighted by Crippen LogP contribution is -2.19. The van der Waals surface area contributed by atoms with Gasteiger partial charge in [-0.2, -0.15) is 0 Å². The van der Waals surface area contributed by atoms with E-state index in [1.807, 2.05) is 12.1 Å². The predicted molar refractivity (Wildman–Crippen MR) is 71.8 cm³/mol. The molecule has 0 amide bonds. The Morgan fingerprint density at radius 1 is 1.29 bits per heavy atom. The first-order valence-corrected chi connectivity index (χ1v) is 6.67. The van der Waals surface area contributed by atoms with Crippen LogP contribution in [0.2, 0.25) is 0 Å². The third-order valence-corrected chi connectivity index (χ3v) is 3.80. The number of para-hydroxylation sites is 1. The molecule has 2 aromatic rings. The summed E-state index contributed by atoms with van der Waals surface area (Å²) in [5, 5.41) is 1.18. The first kappa shape index (κ1) is 11.1. The molecule has 88 valence electrons. The Kier molecular flexibility index (Phi) is 2.84. The van der Waals surface area contributed by atoms with Gasteiger partial charge in [0.15, 0.2) is 4.73 Å². The van der Waals surface area contributed by atoms with Gasteiger partial charge in [0.2, 0.25) is 0 Å². The van der Waals surface area contributed by atoms with Gasteiger partial charge in [0, 0.05) is 5.39 Å². The quantitative estimate of drug-likeness (QED) is 0.756. The Morgan fingerprint density at radius 3 is 2.88 bits per heavy atom. The first-order chi connectivity index (χ1) is 8.25. The number of nitrogens with zero attached hydrogens (tertiary/aromatic N) is 3. The average Bonchev–Trinajstić information content (AvgIpc) is 2.74. The molecule has 2 heterocycles. The summed E-state index contributed by atoms with van der Waals surface area (Å²) in [6, 6.07) is 8.66. The second-order valence-electron chi connectivity index (χ2n) is 4.53. The Labute approximate surface area is 109 Å². The standard InChI is InChI=1S/C13H14BrN3/c1-17-8-4-7-11(17)12-9-5-2-3-6-10(9)15-13(14)16-12/h2-3,5-6,11H,4,7-8H2,1H3. The minimum absolute atomic E-state index is 0.430. The van der Waals surface area contributed by atoms with E-state index >= 15 is 0 Å². The van der Waals surface area contributed by atoms with Crippen LogP contribution in [0.5, 0.6) is 0 Å². The predicted octanol–water partition coefficient (Wildman–Crippen LogP) is 3.16. The van der Waals surface area contributed by atoms with Crippen molar-refractivity contribution in [3.63, 3.8) is 0 Å². The summed E-state index contributed by atoms with van der Waals surface area (Å²) in [5.41, 5.74) is 2.17. The molecule has 1 aliphatic heterocycles. The summed E-state index contributed by atoms with van der Waals surface area (Å²) in [5.74, 6) is 0. The van der Waals surface area contributed by atoms with Crippen LogP contribution >= 0.6 is 15.9 Å². The average molecular weight is 292 g/mol. The largest absolute Gasteiger partial charge is 0.298 e. The van der Waals surface area contributed by atoms with Crippen molar-refractivity contribution >= 4 is 26.8 Å². The van der Waals surface area contributed by atoms with Gasteiger partial charge in [0.1, 0.15) is 0 Å². The van der Waals surface area contributed by atoms with E-state index in [0.717, 1.165) is 17.8 Å². The van der Waals surface area contributed by atoms with E-state index < -0.39 is 0 Å². The van der Waals surface area contributed by atoms with Gasteiger partial charge in [0.05, 0.1) is 17.3 Å². The molecule has 1 aliphatic rings. The van der Waals surface area contributed by atoms with Crippen molar-refractivity contribution in [3.05, 3.63) is 34.7 Å². The zero-order valence-corrected chi connectivity index (χ0v) is 11.3. The van der Waals surface area contributed by atoms with Gasteiger partial charge in [0.25, 0.3) is 0 Å². The fourth-order valence-electron chi connectivity index (χ4n) is 2.58. The van der Waals surface area contributed by atoms with Crippen LogP contribution in [0.4, 0.5) is 0 Å². The molecule has 1 aromatic carbocycles. The second kappa shape index (κ2) is 4.35. The topological polar surface area (TPSA) is 29.0 Å². The highest BCUT2D eigenvalue weighted by atomic mass is 79.9. The molecule has 0 radical (unpaired) electrons. The van der Waals surface area contributed by atoms with Gasteiger partial charge >= 0.3 is 0 Å². The van der Waals surface area contributed by atoms with E-state index in [4.69, 9.17) is 0 Å². The van der Waals surface area contributed by atoms with Crippen LogP contribution in [0.25, 0.3) is 10.9 Å². The second-order valence-corrected chi connectivity index (χ2v) is 5.24. The van der Waals surface area contributed by atoms with E-state index in [-0.39, 0.29) is 0 Å². The van der Waals surface area contributed by atoms with Crippen LogP contribution in [0.1, 0.15) is 24.6 Å². The van der Waals surface area contributed by atoms with E-state index in [1.165, 1.54) is 18.2 Å². The van der Waals surface area contributed by atoms with E-state index in [9.17, 15) is 0 Å².